The Morgan fingerprint density at radius 2 is 1.89 bits per heavy atom. The van der Waals surface area contributed by atoms with Gasteiger partial charge in [-0.25, -0.2) is 4.79 Å². The molecule has 8 heteroatoms. The van der Waals surface area contributed by atoms with Crippen LogP contribution in [-0.4, -0.2) is 34.7 Å². The summed E-state index contributed by atoms with van der Waals surface area (Å²) in [5.41, 5.74) is 5.25. The third kappa shape index (κ3) is 5.42. The number of H-pyrrole nitrogens is 1. The smallest absolute Gasteiger partial charge is 0.325 e. The van der Waals surface area contributed by atoms with Gasteiger partial charge in [0, 0.05) is 11.4 Å². The van der Waals surface area contributed by atoms with Crippen molar-refractivity contribution in [2.75, 3.05) is 11.9 Å². The summed E-state index contributed by atoms with van der Waals surface area (Å²) in [6.07, 6.45) is 0.114. The Morgan fingerprint density at radius 3 is 2.54 bits per heavy atom. The number of nitrogens with one attached hydrogen (secondary N) is 3. The summed E-state index contributed by atoms with van der Waals surface area (Å²) in [7, 11) is 0. The van der Waals surface area contributed by atoms with Crippen LogP contribution < -0.4 is 10.6 Å². The number of hydrogen-bond donors (Lipinski definition) is 3. The van der Waals surface area contributed by atoms with Crippen LogP contribution in [-0.2, 0) is 14.3 Å². The first-order valence-electron chi connectivity index (χ1n) is 9.03. The Morgan fingerprint density at radius 1 is 1.18 bits per heavy atom. The number of aromatic nitrogens is 2. The van der Waals surface area contributed by atoms with Crippen molar-refractivity contribution >= 4 is 23.6 Å². The molecule has 3 amide bonds. The molecule has 150 valence electrons. The molecular weight excluding hydrogens is 360 g/mol. The molecule has 0 aliphatic rings. The first kappa shape index (κ1) is 21.1. The zero-order valence-electron chi connectivity index (χ0n) is 16.8. The minimum absolute atomic E-state index is 0.0955. The van der Waals surface area contributed by atoms with Crippen molar-refractivity contribution < 1.29 is 19.1 Å². The lowest BCUT2D eigenvalue weighted by Gasteiger charge is -2.12. The zero-order valence-corrected chi connectivity index (χ0v) is 16.8. The molecule has 28 heavy (non-hydrogen) atoms. The second-order valence-electron chi connectivity index (χ2n) is 6.86. The molecule has 2 rings (SSSR count). The highest BCUT2D eigenvalue weighted by molar-refractivity contribution is 6.02. The molecule has 0 saturated heterocycles. The molecule has 0 aliphatic carbocycles. The number of aromatic amines is 1. The molecule has 1 aromatic carbocycles. The Balaban J connectivity index is 1.79. The predicted molar refractivity (Wildman–Crippen MR) is 105 cm³/mol. The normalized spacial score (nSPS) is 11.6. The monoisotopic (exact) mass is 386 g/mol. The highest BCUT2D eigenvalue weighted by Crippen LogP contribution is 2.24. The molecule has 1 atom stereocenters. The Bertz CT molecular complexity index is 869. The van der Waals surface area contributed by atoms with E-state index in [4.69, 9.17) is 4.74 Å². The highest BCUT2D eigenvalue weighted by atomic mass is 16.5. The van der Waals surface area contributed by atoms with Crippen molar-refractivity contribution in [2.45, 2.75) is 47.0 Å². The Kier molecular flexibility index (Phi) is 6.92. The van der Waals surface area contributed by atoms with Gasteiger partial charge >= 0.3 is 12.0 Å². The number of hydrogen-bond acceptors (Lipinski definition) is 5. The minimum atomic E-state index is -0.695. The molecule has 0 saturated carbocycles. The summed E-state index contributed by atoms with van der Waals surface area (Å²) in [6, 6.07) is 4.81. The van der Waals surface area contributed by atoms with Crippen LogP contribution in [0.2, 0.25) is 0 Å². The largest absolute Gasteiger partial charge is 0.456 e. The van der Waals surface area contributed by atoms with Crippen LogP contribution in [0.1, 0.15) is 47.3 Å². The van der Waals surface area contributed by atoms with E-state index in [0.717, 1.165) is 28.1 Å². The topological polar surface area (TPSA) is 113 Å². The Labute approximate surface area is 164 Å². The van der Waals surface area contributed by atoms with Gasteiger partial charge in [-0.3, -0.25) is 20.0 Å². The van der Waals surface area contributed by atoms with Crippen LogP contribution in [0.15, 0.2) is 18.2 Å². The number of carbonyl (C=O) groups is 3. The van der Waals surface area contributed by atoms with Gasteiger partial charge in [0.25, 0.3) is 5.91 Å². The van der Waals surface area contributed by atoms with E-state index < -0.39 is 24.5 Å². The number of aryl methyl sites for hydroxylation is 3. The second kappa shape index (κ2) is 9.16. The van der Waals surface area contributed by atoms with Gasteiger partial charge in [0.15, 0.2) is 6.61 Å². The first-order chi connectivity index (χ1) is 13.2. The van der Waals surface area contributed by atoms with Crippen molar-refractivity contribution in [2.24, 2.45) is 0 Å². The fraction of sp³-hybridized carbons (Fsp3) is 0.400. The van der Waals surface area contributed by atoms with Crippen molar-refractivity contribution in [1.82, 2.24) is 15.5 Å². The maximum Gasteiger partial charge on any atom is 0.325 e. The Hall–Kier alpha value is -3.16. The molecular formula is C20H26N4O4. The number of imide groups is 1. The maximum absolute atomic E-state index is 12.0. The molecule has 0 unspecified atom stereocenters. The van der Waals surface area contributed by atoms with E-state index in [1.165, 1.54) is 0 Å². The molecule has 8 nitrogen and oxygen atoms in total. The van der Waals surface area contributed by atoms with Gasteiger partial charge in [-0.2, -0.15) is 5.10 Å². The molecule has 3 N–H and O–H groups in total. The number of anilines is 1. The van der Waals surface area contributed by atoms with Gasteiger partial charge < -0.3 is 10.1 Å². The van der Waals surface area contributed by atoms with Crippen LogP contribution in [0, 0.1) is 27.7 Å². The van der Waals surface area contributed by atoms with E-state index in [9.17, 15) is 14.4 Å². The number of rotatable bonds is 6. The number of urea groups is 1. The van der Waals surface area contributed by atoms with Crippen LogP contribution in [0.5, 0.6) is 0 Å². The van der Waals surface area contributed by atoms with Gasteiger partial charge in [-0.05, 0) is 56.4 Å². The van der Waals surface area contributed by atoms with Gasteiger partial charge in [-0.15, -0.1) is 0 Å². The molecule has 0 spiro atoms. The van der Waals surface area contributed by atoms with Crippen molar-refractivity contribution in [3.63, 3.8) is 0 Å². The third-order valence-corrected chi connectivity index (χ3v) is 4.62. The fourth-order valence-electron chi connectivity index (χ4n) is 3.05. The van der Waals surface area contributed by atoms with Crippen molar-refractivity contribution in [3.05, 3.63) is 46.3 Å². The summed E-state index contributed by atoms with van der Waals surface area (Å²) < 4.78 is 4.98. The minimum Gasteiger partial charge on any atom is -0.456 e. The lowest BCUT2D eigenvalue weighted by molar-refractivity contribution is -0.148. The lowest BCUT2D eigenvalue weighted by atomic mass is 9.96. The van der Waals surface area contributed by atoms with Crippen molar-refractivity contribution in [3.8, 4) is 0 Å². The van der Waals surface area contributed by atoms with Gasteiger partial charge in [0.2, 0.25) is 0 Å². The summed E-state index contributed by atoms with van der Waals surface area (Å²) in [6.45, 7) is 8.93. The first-order valence-corrected chi connectivity index (χ1v) is 9.03. The molecule has 1 heterocycles. The van der Waals surface area contributed by atoms with Gasteiger partial charge in [-0.1, -0.05) is 19.1 Å². The van der Waals surface area contributed by atoms with E-state index in [-0.39, 0.29) is 12.3 Å². The second-order valence-corrected chi connectivity index (χ2v) is 6.86. The number of carbonyl (C=O) groups excluding carboxylic acids is 3. The number of amides is 3. The average molecular weight is 386 g/mol. The number of benzene rings is 1. The predicted octanol–water partition coefficient (Wildman–Crippen LogP) is 3.03. The van der Waals surface area contributed by atoms with E-state index in [0.29, 0.717) is 5.69 Å². The van der Waals surface area contributed by atoms with Crippen molar-refractivity contribution in [1.29, 1.82) is 0 Å². The van der Waals surface area contributed by atoms with Gasteiger partial charge in [0.05, 0.1) is 12.1 Å². The highest BCUT2D eigenvalue weighted by Gasteiger charge is 2.19. The van der Waals surface area contributed by atoms with E-state index in [1.54, 1.807) is 6.07 Å². The number of nitrogens with zero attached hydrogens (tertiary/aromatic N) is 1. The standard InChI is InChI=1S/C20H26N4O4/c1-11-7-6-8-16(13(11)3)21-20(27)22-17(25)10-28-18(26)9-12(2)19-14(4)23-24-15(19)5/h6-8,12H,9-10H2,1-5H3,(H,23,24)(H2,21,22,25,27)/t12-/m0/s1. The molecule has 0 aliphatic heterocycles. The van der Waals surface area contributed by atoms with E-state index in [1.807, 2.05) is 46.8 Å². The number of ether oxygens (including phenoxy) is 1. The average Bonchev–Trinajstić information content (AvgIpc) is 2.95. The summed E-state index contributed by atoms with van der Waals surface area (Å²) in [4.78, 5) is 35.8. The molecule has 0 fully saturated rings. The van der Waals surface area contributed by atoms with Gasteiger partial charge in [0.1, 0.15) is 0 Å². The summed E-state index contributed by atoms with van der Waals surface area (Å²) in [5, 5.41) is 11.8. The molecule has 1 aromatic heterocycles. The van der Waals surface area contributed by atoms with E-state index in [2.05, 4.69) is 20.8 Å². The fourth-order valence-corrected chi connectivity index (χ4v) is 3.05. The third-order valence-electron chi connectivity index (χ3n) is 4.62. The SMILES string of the molecule is Cc1cccc(NC(=O)NC(=O)COC(=O)C[C@H](C)c2c(C)n[nH]c2C)c1C. The lowest BCUT2D eigenvalue weighted by Crippen LogP contribution is -2.37. The zero-order chi connectivity index (χ0) is 20.8. The summed E-state index contributed by atoms with van der Waals surface area (Å²) >= 11 is 0. The van der Waals surface area contributed by atoms with Crippen LogP contribution in [0.4, 0.5) is 10.5 Å². The molecule has 2 aromatic rings. The maximum atomic E-state index is 12.0. The molecule has 0 radical (unpaired) electrons. The van der Waals surface area contributed by atoms with Crippen LogP contribution in [0.25, 0.3) is 0 Å². The van der Waals surface area contributed by atoms with Crippen LogP contribution >= 0.6 is 0 Å². The van der Waals surface area contributed by atoms with Crippen LogP contribution in [0.3, 0.4) is 0 Å². The number of esters is 1. The van der Waals surface area contributed by atoms with E-state index >= 15 is 0 Å². The molecule has 0 bridgehead atoms. The quantitative estimate of drug-likeness (QED) is 0.661. The summed E-state index contributed by atoms with van der Waals surface area (Å²) in [5.74, 6) is -1.31.